The zero-order valence-corrected chi connectivity index (χ0v) is 10.7. The van der Waals surface area contributed by atoms with Crippen LogP contribution in [0.4, 0.5) is 0 Å². The summed E-state index contributed by atoms with van der Waals surface area (Å²) in [6.45, 7) is 0. The number of methoxy groups -OCH3 is 1. The Morgan fingerprint density at radius 2 is 2.16 bits per heavy atom. The fourth-order valence-corrected chi connectivity index (χ4v) is 1.73. The number of ether oxygens (including phenoxy) is 1. The van der Waals surface area contributed by atoms with Crippen LogP contribution in [0, 0.1) is 0 Å². The minimum atomic E-state index is -0.352. The molecule has 0 radical (unpaired) electrons. The van der Waals surface area contributed by atoms with Gasteiger partial charge in [0.1, 0.15) is 0 Å². The van der Waals surface area contributed by atoms with Gasteiger partial charge in [-0.05, 0) is 0 Å². The van der Waals surface area contributed by atoms with Gasteiger partial charge in [-0.25, -0.2) is 4.98 Å². The van der Waals surface area contributed by atoms with Gasteiger partial charge in [0.2, 0.25) is 0 Å². The molecule has 1 aromatic carbocycles. The molecule has 100 valence electrons. The van der Waals surface area contributed by atoms with Crippen molar-refractivity contribution in [3.05, 3.63) is 42.4 Å². The Morgan fingerprint density at radius 3 is 2.84 bits per heavy atom. The summed E-state index contributed by atoms with van der Waals surface area (Å²) in [4.78, 5) is 15.3. The van der Waals surface area contributed by atoms with Gasteiger partial charge in [-0.3, -0.25) is 4.79 Å². The molecule has 1 unspecified atom stereocenters. The van der Waals surface area contributed by atoms with Crippen molar-refractivity contribution in [3.63, 3.8) is 0 Å². The van der Waals surface area contributed by atoms with Gasteiger partial charge in [-0.1, -0.05) is 30.3 Å². The highest BCUT2D eigenvalue weighted by Gasteiger charge is 2.14. The van der Waals surface area contributed by atoms with Crippen molar-refractivity contribution in [3.8, 4) is 11.3 Å². The normalized spacial score (nSPS) is 12.1. The molecule has 1 atom stereocenters. The topological polar surface area (TPSA) is 78.4 Å². The Labute approximate surface area is 111 Å². The van der Waals surface area contributed by atoms with E-state index in [1.807, 2.05) is 30.3 Å². The number of nitrogens with two attached hydrogens (primary N) is 1. The molecule has 5 heteroatoms. The number of carbonyl (C=O) groups excluding carboxylic acids is 1. The number of esters is 1. The molecule has 0 spiro atoms. The van der Waals surface area contributed by atoms with Crippen LogP contribution in [0.25, 0.3) is 11.3 Å². The summed E-state index contributed by atoms with van der Waals surface area (Å²) >= 11 is 0. The van der Waals surface area contributed by atoms with Gasteiger partial charge in [0, 0.05) is 18.0 Å². The molecule has 0 saturated heterocycles. The van der Waals surface area contributed by atoms with Gasteiger partial charge in [0.15, 0.2) is 11.7 Å². The maximum absolute atomic E-state index is 11.1. The highest BCUT2D eigenvalue weighted by Crippen LogP contribution is 2.20. The molecule has 2 N–H and O–H groups in total. The van der Waals surface area contributed by atoms with Crippen LogP contribution in [0.15, 0.2) is 40.9 Å². The molecular formula is C14H16N2O3. The standard InChI is InChI=1S/C14H16N2O3/c1-18-14(17)8-11(15)7-13-16-9-12(19-13)10-5-3-2-4-6-10/h2-6,9,11H,7-8,15H2,1H3. The first kappa shape index (κ1) is 13.3. The number of oxazole rings is 1. The van der Waals surface area contributed by atoms with Crippen LogP contribution >= 0.6 is 0 Å². The number of benzene rings is 1. The van der Waals surface area contributed by atoms with Gasteiger partial charge in [-0.2, -0.15) is 0 Å². The Morgan fingerprint density at radius 1 is 1.42 bits per heavy atom. The van der Waals surface area contributed by atoms with Gasteiger partial charge < -0.3 is 14.9 Å². The Bertz CT molecular complexity index is 537. The lowest BCUT2D eigenvalue weighted by atomic mass is 10.1. The average molecular weight is 260 g/mol. The third kappa shape index (κ3) is 3.66. The highest BCUT2D eigenvalue weighted by molar-refractivity contribution is 5.69. The third-order valence-electron chi connectivity index (χ3n) is 2.71. The van der Waals surface area contributed by atoms with Gasteiger partial charge in [0.25, 0.3) is 0 Å². The van der Waals surface area contributed by atoms with Gasteiger partial charge >= 0.3 is 5.97 Å². The van der Waals surface area contributed by atoms with E-state index >= 15 is 0 Å². The van der Waals surface area contributed by atoms with Crippen LogP contribution < -0.4 is 5.73 Å². The quantitative estimate of drug-likeness (QED) is 0.829. The lowest BCUT2D eigenvalue weighted by molar-refractivity contribution is -0.141. The van der Waals surface area contributed by atoms with Crippen LogP contribution in [-0.2, 0) is 16.0 Å². The maximum Gasteiger partial charge on any atom is 0.307 e. The van der Waals surface area contributed by atoms with Crippen molar-refractivity contribution < 1.29 is 13.9 Å². The molecule has 0 aliphatic carbocycles. The van der Waals surface area contributed by atoms with E-state index in [9.17, 15) is 4.79 Å². The largest absolute Gasteiger partial charge is 0.469 e. The Kier molecular flexibility index (Phi) is 4.30. The molecule has 0 fully saturated rings. The first-order valence-corrected chi connectivity index (χ1v) is 6.01. The average Bonchev–Trinajstić information content (AvgIpc) is 2.88. The summed E-state index contributed by atoms with van der Waals surface area (Å²) in [5.74, 6) is 0.887. The lowest BCUT2D eigenvalue weighted by Gasteiger charge is -2.06. The first-order chi connectivity index (χ1) is 9.19. The second-order valence-corrected chi connectivity index (χ2v) is 4.23. The summed E-state index contributed by atoms with van der Waals surface area (Å²) in [5.41, 5.74) is 6.79. The fourth-order valence-electron chi connectivity index (χ4n) is 1.73. The molecule has 2 rings (SSSR count). The summed E-state index contributed by atoms with van der Waals surface area (Å²) in [6.07, 6.45) is 2.22. The molecule has 0 amide bonds. The molecule has 2 aromatic rings. The lowest BCUT2D eigenvalue weighted by Crippen LogP contribution is -2.26. The molecule has 0 aliphatic heterocycles. The maximum atomic E-state index is 11.1. The van der Waals surface area contributed by atoms with E-state index in [1.54, 1.807) is 6.20 Å². The van der Waals surface area contributed by atoms with Crippen molar-refractivity contribution in [2.24, 2.45) is 5.73 Å². The second-order valence-electron chi connectivity index (χ2n) is 4.23. The third-order valence-corrected chi connectivity index (χ3v) is 2.71. The predicted octanol–water partition coefficient (Wildman–Crippen LogP) is 1.77. The number of aromatic nitrogens is 1. The molecule has 0 aliphatic rings. The van der Waals surface area contributed by atoms with E-state index in [1.165, 1.54) is 7.11 Å². The highest BCUT2D eigenvalue weighted by atomic mass is 16.5. The van der Waals surface area contributed by atoms with Crippen LogP contribution in [0.2, 0.25) is 0 Å². The predicted molar refractivity (Wildman–Crippen MR) is 70.3 cm³/mol. The summed E-state index contributed by atoms with van der Waals surface area (Å²) < 4.78 is 10.2. The van der Waals surface area contributed by atoms with Crippen LogP contribution in [0.3, 0.4) is 0 Å². The van der Waals surface area contributed by atoms with Crippen molar-refractivity contribution in [1.82, 2.24) is 4.98 Å². The molecule has 1 aromatic heterocycles. The monoisotopic (exact) mass is 260 g/mol. The van der Waals surface area contributed by atoms with Gasteiger partial charge in [-0.15, -0.1) is 0 Å². The Hall–Kier alpha value is -2.14. The first-order valence-electron chi connectivity index (χ1n) is 6.01. The zero-order valence-electron chi connectivity index (χ0n) is 10.7. The molecule has 19 heavy (non-hydrogen) atoms. The molecule has 1 heterocycles. The van der Waals surface area contributed by atoms with Crippen LogP contribution in [-0.4, -0.2) is 24.1 Å². The van der Waals surface area contributed by atoms with E-state index in [4.69, 9.17) is 10.2 Å². The number of nitrogens with zero attached hydrogens (tertiary/aromatic N) is 1. The van der Waals surface area contributed by atoms with Crippen molar-refractivity contribution in [2.45, 2.75) is 18.9 Å². The minimum absolute atomic E-state index is 0.152. The Balaban J connectivity index is 2.00. The second kappa shape index (κ2) is 6.15. The fraction of sp³-hybridized carbons (Fsp3) is 0.286. The van der Waals surface area contributed by atoms with E-state index in [0.29, 0.717) is 18.1 Å². The summed E-state index contributed by atoms with van der Waals surface area (Å²) in [5, 5.41) is 0. The molecular weight excluding hydrogens is 244 g/mol. The summed E-state index contributed by atoms with van der Waals surface area (Å²) in [7, 11) is 1.34. The molecule has 5 nitrogen and oxygen atoms in total. The van der Waals surface area contributed by atoms with E-state index in [-0.39, 0.29) is 18.4 Å². The molecule has 0 bridgehead atoms. The van der Waals surface area contributed by atoms with E-state index in [0.717, 1.165) is 5.56 Å². The number of rotatable bonds is 5. The van der Waals surface area contributed by atoms with Gasteiger partial charge in [0.05, 0.1) is 19.7 Å². The van der Waals surface area contributed by atoms with Crippen molar-refractivity contribution in [2.75, 3.05) is 7.11 Å². The summed E-state index contributed by atoms with van der Waals surface area (Å²) in [6, 6.07) is 9.33. The van der Waals surface area contributed by atoms with Crippen molar-refractivity contribution >= 4 is 5.97 Å². The smallest absolute Gasteiger partial charge is 0.307 e. The van der Waals surface area contributed by atoms with Crippen LogP contribution in [0.1, 0.15) is 12.3 Å². The van der Waals surface area contributed by atoms with Crippen molar-refractivity contribution in [1.29, 1.82) is 0 Å². The van der Waals surface area contributed by atoms with E-state index < -0.39 is 0 Å². The number of hydrogen-bond donors (Lipinski definition) is 1. The number of carbonyl (C=O) groups is 1. The van der Waals surface area contributed by atoms with E-state index in [2.05, 4.69) is 9.72 Å². The zero-order chi connectivity index (χ0) is 13.7. The molecule has 0 saturated carbocycles. The van der Waals surface area contributed by atoms with Crippen LogP contribution in [0.5, 0.6) is 0 Å². The number of hydrogen-bond acceptors (Lipinski definition) is 5. The minimum Gasteiger partial charge on any atom is -0.469 e. The SMILES string of the molecule is COC(=O)CC(N)Cc1ncc(-c2ccccc2)o1.